The van der Waals surface area contributed by atoms with Crippen LogP contribution in [0.15, 0.2) is 29.3 Å². The standard InChI is InChI=1S/C15H25N3O.HI/c1-11-6-8-12(9-7-11)18-14(16)17-10-13(19-5)15(2,3)4;/h6-9,13H,10H2,1-5H3,(H3,16,17,18);1H. The van der Waals surface area contributed by atoms with Gasteiger partial charge in [-0.25, -0.2) is 0 Å². The predicted octanol–water partition coefficient (Wildman–Crippen LogP) is 3.40. The third-order valence-electron chi connectivity index (χ3n) is 3.00. The van der Waals surface area contributed by atoms with E-state index in [1.807, 2.05) is 31.2 Å². The van der Waals surface area contributed by atoms with Gasteiger partial charge in [0.05, 0.1) is 12.6 Å². The summed E-state index contributed by atoms with van der Waals surface area (Å²) in [4.78, 5) is 4.34. The fourth-order valence-electron chi connectivity index (χ4n) is 1.71. The Kier molecular flexibility index (Phi) is 8.12. The van der Waals surface area contributed by atoms with Crippen molar-refractivity contribution in [3.05, 3.63) is 29.8 Å². The molecule has 3 N–H and O–H groups in total. The maximum Gasteiger partial charge on any atom is 0.193 e. The molecule has 4 nitrogen and oxygen atoms in total. The van der Waals surface area contributed by atoms with E-state index in [1.165, 1.54) is 5.56 Å². The van der Waals surface area contributed by atoms with Gasteiger partial charge in [0.1, 0.15) is 0 Å². The Bertz CT molecular complexity index is 424. The van der Waals surface area contributed by atoms with Gasteiger partial charge >= 0.3 is 0 Å². The number of hydrogen-bond donors (Lipinski definition) is 2. The molecule has 0 amide bonds. The van der Waals surface area contributed by atoms with E-state index in [9.17, 15) is 0 Å². The maximum atomic E-state index is 5.87. The Hall–Kier alpha value is -0.820. The minimum absolute atomic E-state index is 0. The van der Waals surface area contributed by atoms with Crippen LogP contribution in [0.2, 0.25) is 0 Å². The lowest BCUT2D eigenvalue weighted by molar-refractivity contribution is 0.0242. The Morgan fingerprint density at radius 3 is 2.30 bits per heavy atom. The van der Waals surface area contributed by atoms with Gasteiger partial charge < -0.3 is 15.8 Å². The molecule has 0 heterocycles. The van der Waals surface area contributed by atoms with Crippen molar-refractivity contribution < 1.29 is 4.74 Å². The van der Waals surface area contributed by atoms with Gasteiger partial charge in [-0.05, 0) is 24.5 Å². The van der Waals surface area contributed by atoms with Crippen LogP contribution in [-0.2, 0) is 4.74 Å². The lowest BCUT2D eigenvalue weighted by Gasteiger charge is -2.27. The zero-order chi connectivity index (χ0) is 14.5. The summed E-state index contributed by atoms with van der Waals surface area (Å²) in [7, 11) is 1.70. The van der Waals surface area contributed by atoms with Crippen LogP contribution in [0.4, 0.5) is 5.69 Å². The first-order valence-electron chi connectivity index (χ1n) is 6.49. The molecule has 20 heavy (non-hydrogen) atoms. The van der Waals surface area contributed by atoms with E-state index in [-0.39, 0.29) is 35.5 Å². The number of methoxy groups -OCH3 is 1. The summed E-state index contributed by atoms with van der Waals surface area (Å²) in [5.41, 5.74) is 8.07. The molecule has 0 spiro atoms. The SMILES string of the molecule is COC(CN=C(N)Nc1ccc(C)cc1)C(C)(C)C.I. The molecule has 0 bridgehead atoms. The van der Waals surface area contributed by atoms with Gasteiger partial charge in [-0.2, -0.15) is 0 Å². The molecule has 0 aliphatic heterocycles. The van der Waals surface area contributed by atoms with Gasteiger partial charge in [-0.15, -0.1) is 24.0 Å². The normalized spacial score (nSPS) is 13.6. The summed E-state index contributed by atoms with van der Waals surface area (Å²) in [6.45, 7) is 8.97. The second-order valence-corrected chi connectivity index (χ2v) is 5.81. The summed E-state index contributed by atoms with van der Waals surface area (Å²) in [5, 5.41) is 3.07. The van der Waals surface area contributed by atoms with Crippen molar-refractivity contribution in [2.45, 2.75) is 33.8 Å². The van der Waals surface area contributed by atoms with E-state index >= 15 is 0 Å². The van der Waals surface area contributed by atoms with Gasteiger partial charge in [0.2, 0.25) is 0 Å². The number of guanidine groups is 1. The van der Waals surface area contributed by atoms with Gasteiger partial charge in [-0.1, -0.05) is 38.5 Å². The van der Waals surface area contributed by atoms with Crippen molar-refractivity contribution in [3.63, 3.8) is 0 Å². The monoisotopic (exact) mass is 391 g/mol. The fraction of sp³-hybridized carbons (Fsp3) is 0.533. The van der Waals surface area contributed by atoms with E-state index in [2.05, 4.69) is 31.1 Å². The fourth-order valence-corrected chi connectivity index (χ4v) is 1.71. The number of nitrogens with two attached hydrogens (primary N) is 1. The first-order valence-corrected chi connectivity index (χ1v) is 6.49. The number of nitrogens with one attached hydrogen (secondary N) is 1. The molecular formula is C15H26IN3O. The van der Waals surface area contributed by atoms with Crippen LogP contribution in [0.25, 0.3) is 0 Å². The highest BCUT2D eigenvalue weighted by Gasteiger charge is 2.23. The van der Waals surface area contributed by atoms with E-state index in [1.54, 1.807) is 7.11 Å². The number of benzene rings is 1. The number of aliphatic imine (C=N–C) groups is 1. The van der Waals surface area contributed by atoms with Crippen molar-refractivity contribution in [2.75, 3.05) is 19.0 Å². The lowest BCUT2D eigenvalue weighted by Crippen LogP contribution is -2.33. The van der Waals surface area contributed by atoms with Crippen LogP contribution in [0.1, 0.15) is 26.3 Å². The molecule has 114 valence electrons. The van der Waals surface area contributed by atoms with Gasteiger partial charge in [-0.3, -0.25) is 4.99 Å². The molecule has 0 aliphatic rings. The summed E-state index contributed by atoms with van der Waals surface area (Å²) in [6, 6.07) is 8.02. The van der Waals surface area contributed by atoms with Gasteiger partial charge in [0.25, 0.3) is 0 Å². The maximum absolute atomic E-state index is 5.87. The molecule has 0 aromatic heterocycles. The highest BCUT2D eigenvalue weighted by atomic mass is 127. The number of halogens is 1. The van der Waals surface area contributed by atoms with Gasteiger partial charge in [0.15, 0.2) is 5.96 Å². The molecule has 0 aliphatic carbocycles. The zero-order valence-electron chi connectivity index (χ0n) is 12.9. The van der Waals surface area contributed by atoms with E-state index in [0.717, 1.165) is 5.69 Å². The number of rotatable bonds is 4. The Balaban J connectivity index is 0.00000361. The topological polar surface area (TPSA) is 59.6 Å². The summed E-state index contributed by atoms with van der Waals surface area (Å²) >= 11 is 0. The molecule has 0 saturated heterocycles. The molecule has 1 unspecified atom stereocenters. The molecule has 1 aromatic carbocycles. The van der Waals surface area contributed by atoms with Crippen LogP contribution < -0.4 is 11.1 Å². The number of hydrogen-bond acceptors (Lipinski definition) is 2. The van der Waals surface area contributed by atoms with Crippen molar-refractivity contribution in [3.8, 4) is 0 Å². The quantitative estimate of drug-likeness (QED) is 0.470. The number of nitrogens with zero attached hydrogens (tertiary/aromatic N) is 1. The number of ether oxygens (including phenoxy) is 1. The van der Waals surface area contributed by atoms with Crippen molar-refractivity contribution in [1.29, 1.82) is 0 Å². The summed E-state index contributed by atoms with van der Waals surface area (Å²) in [6.07, 6.45) is 0.0471. The first-order chi connectivity index (χ1) is 8.82. The molecule has 0 radical (unpaired) electrons. The van der Waals surface area contributed by atoms with Crippen LogP contribution in [0, 0.1) is 12.3 Å². The van der Waals surface area contributed by atoms with Crippen molar-refractivity contribution >= 4 is 35.6 Å². The highest BCUT2D eigenvalue weighted by molar-refractivity contribution is 14.0. The zero-order valence-corrected chi connectivity index (χ0v) is 15.3. The molecule has 5 heteroatoms. The first kappa shape index (κ1) is 19.2. The highest BCUT2D eigenvalue weighted by Crippen LogP contribution is 2.21. The number of anilines is 1. The van der Waals surface area contributed by atoms with Crippen LogP contribution in [0.5, 0.6) is 0 Å². The summed E-state index contributed by atoms with van der Waals surface area (Å²) < 4.78 is 5.44. The van der Waals surface area contributed by atoms with E-state index < -0.39 is 0 Å². The Labute approximate surface area is 139 Å². The van der Waals surface area contributed by atoms with E-state index in [4.69, 9.17) is 10.5 Å². The molecular weight excluding hydrogens is 365 g/mol. The second kappa shape index (κ2) is 8.46. The van der Waals surface area contributed by atoms with Crippen LogP contribution in [-0.4, -0.2) is 25.7 Å². The lowest BCUT2D eigenvalue weighted by atomic mass is 9.89. The van der Waals surface area contributed by atoms with E-state index in [0.29, 0.717) is 12.5 Å². The summed E-state index contributed by atoms with van der Waals surface area (Å²) in [5.74, 6) is 0.412. The van der Waals surface area contributed by atoms with Gasteiger partial charge in [0, 0.05) is 12.8 Å². The van der Waals surface area contributed by atoms with Crippen LogP contribution in [0.3, 0.4) is 0 Å². The van der Waals surface area contributed by atoms with Crippen molar-refractivity contribution in [1.82, 2.24) is 0 Å². The Morgan fingerprint density at radius 2 is 1.85 bits per heavy atom. The Morgan fingerprint density at radius 1 is 1.30 bits per heavy atom. The third-order valence-corrected chi connectivity index (χ3v) is 3.00. The molecule has 1 rings (SSSR count). The van der Waals surface area contributed by atoms with Crippen molar-refractivity contribution in [2.24, 2.45) is 16.1 Å². The average molecular weight is 391 g/mol. The van der Waals surface area contributed by atoms with Crippen LogP contribution >= 0.6 is 24.0 Å². The minimum Gasteiger partial charge on any atom is -0.379 e. The molecule has 1 aromatic rings. The molecule has 0 fully saturated rings. The number of aryl methyl sites for hydroxylation is 1. The average Bonchev–Trinajstić information content (AvgIpc) is 2.31. The second-order valence-electron chi connectivity index (χ2n) is 5.81. The third kappa shape index (κ3) is 6.56. The minimum atomic E-state index is 0. The largest absolute Gasteiger partial charge is 0.379 e. The predicted molar refractivity (Wildman–Crippen MR) is 97.0 cm³/mol. The molecule has 1 atom stereocenters. The smallest absolute Gasteiger partial charge is 0.193 e. The molecule has 0 saturated carbocycles.